The monoisotopic (exact) mass is 238 g/mol. The summed E-state index contributed by atoms with van der Waals surface area (Å²) in [6.07, 6.45) is 1.02. The van der Waals surface area contributed by atoms with Gasteiger partial charge < -0.3 is 5.32 Å². The second-order valence-corrected chi connectivity index (χ2v) is 5.58. The van der Waals surface area contributed by atoms with Gasteiger partial charge in [0.15, 0.2) is 0 Å². The van der Waals surface area contributed by atoms with Crippen LogP contribution in [0.5, 0.6) is 0 Å². The molecule has 15 heavy (non-hydrogen) atoms. The fourth-order valence-electron chi connectivity index (χ4n) is 1.43. The van der Waals surface area contributed by atoms with Crippen LogP contribution in [-0.2, 0) is 6.42 Å². The van der Waals surface area contributed by atoms with Gasteiger partial charge in [0.25, 0.3) is 0 Å². The Morgan fingerprint density at radius 2 is 2.33 bits per heavy atom. The predicted octanol–water partition coefficient (Wildman–Crippen LogP) is 2.94. The lowest BCUT2D eigenvalue weighted by Gasteiger charge is -1.93. The van der Waals surface area contributed by atoms with Crippen LogP contribution in [0.1, 0.15) is 9.88 Å². The highest BCUT2D eigenvalue weighted by Crippen LogP contribution is 2.30. The van der Waals surface area contributed by atoms with Crippen molar-refractivity contribution in [3.05, 3.63) is 27.4 Å². The fraction of sp³-hybridized carbons (Fsp3) is 0.364. The molecule has 0 aliphatic rings. The predicted molar refractivity (Wildman–Crippen MR) is 67.8 cm³/mol. The van der Waals surface area contributed by atoms with Gasteiger partial charge in [-0.1, -0.05) is 6.07 Å². The lowest BCUT2D eigenvalue weighted by molar-refractivity contribution is 0.788. The van der Waals surface area contributed by atoms with Crippen LogP contribution in [0.4, 0.5) is 0 Å². The molecule has 0 spiro atoms. The summed E-state index contributed by atoms with van der Waals surface area (Å²) in [5.41, 5.74) is 1.17. The fourth-order valence-corrected chi connectivity index (χ4v) is 3.21. The maximum atomic E-state index is 4.68. The van der Waals surface area contributed by atoms with Crippen LogP contribution in [0, 0.1) is 6.92 Å². The van der Waals surface area contributed by atoms with Gasteiger partial charge in [0.05, 0.1) is 15.6 Å². The van der Waals surface area contributed by atoms with Crippen LogP contribution in [0.15, 0.2) is 17.5 Å². The Hall–Kier alpha value is -0.710. The molecule has 0 saturated heterocycles. The molecule has 0 saturated carbocycles. The number of nitrogens with one attached hydrogen (secondary N) is 1. The molecule has 2 nitrogen and oxygen atoms in total. The van der Waals surface area contributed by atoms with E-state index in [9.17, 15) is 0 Å². The molecule has 0 radical (unpaired) electrons. The molecular formula is C11H14N2S2. The molecule has 0 unspecified atom stereocenters. The molecule has 4 heteroatoms. The van der Waals surface area contributed by atoms with E-state index in [1.807, 2.05) is 18.4 Å². The zero-order chi connectivity index (χ0) is 10.7. The number of thiophene rings is 1. The van der Waals surface area contributed by atoms with E-state index in [0.29, 0.717) is 0 Å². The summed E-state index contributed by atoms with van der Waals surface area (Å²) in [6, 6.07) is 4.21. The Bertz CT molecular complexity index is 418. The first kappa shape index (κ1) is 10.8. The highest BCUT2D eigenvalue weighted by Gasteiger charge is 2.09. The molecule has 0 amide bonds. The highest BCUT2D eigenvalue weighted by molar-refractivity contribution is 7.15. The number of aromatic nitrogens is 1. The lowest BCUT2D eigenvalue weighted by atomic mass is 10.3. The average Bonchev–Trinajstić information content (AvgIpc) is 2.83. The SMILES string of the molecule is CNCCc1nc(-c2cccs2)c(C)s1. The van der Waals surface area contributed by atoms with Gasteiger partial charge in [-0.3, -0.25) is 0 Å². The van der Waals surface area contributed by atoms with Crippen LogP contribution in [0.2, 0.25) is 0 Å². The molecule has 2 heterocycles. The largest absolute Gasteiger partial charge is 0.319 e. The number of rotatable bonds is 4. The van der Waals surface area contributed by atoms with Crippen LogP contribution in [-0.4, -0.2) is 18.6 Å². The third-order valence-electron chi connectivity index (χ3n) is 2.18. The van der Waals surface area contributed by atoms with Gasteiger partial charge in [-0.25, -0.2) is 4.98 Å². The Kier molecular flexibility index (Phi) is 3.51. The van der Waals surface area contributed by atoms with Crippen molar-refractivity contribution in [3.63, 3.8) is 0 Å². The second kappa shape index (κ2) is 4.88. The molecule has 80 valence electrons. The highest BCUT2D eigenvalue weighted by atomic mass is 32.1. The first-order chi connectivity index (χ1) is 7.31. The Labute approximate surface area is 98.0 Å². The summed E-state index contributed by atoms with van der Waals surface area (Å²) in [6.45, 7) is 3.15. The van der Waals surface area contributed by atoms with Gasteiger partial charge in [0, 0.05) is 17.8 Å². The summed E-state index contributed by atoms with van der Waals surface area (Å²) in [4.78, 5) is 7.28. The molecule has 2 aromatic rings. The molecule has 0 atom stereocenters. The van der Waals surface area contributed by atoms with Gasteiger partial charge in [0.2, 0.25) is 0 Å². The third kappa shape index (κ3) is 2.45. The quantitative estimate of drug-likeness (QED) is 0.886. The number of likely N-dealkylation sites (N-methyl/N-ethyl adjacent to an activating group) is 1. The number of hydrogen-bond donors (Lipinski definition) is 1. The maximum absolute atomic E-state index is 4.68. The maximum Gasteiger partial charge on any atom is 0.0948 e. The van der Waals surface area contributed by atoms with E-state index in [-0.39, 0.29) is 0 Å². The molecule has 0 aliphatic carbocycles. The Morgan fingerprint density at radius 1 is 1.47 bits per heavy atom. The molecule has 0 aliphatic heterocycles. The average molecular weight is 238 g/mol. The van der Waals surface area contributed by atoms with Crippen molar-refractivity contribution >= 4 is 22.7 Å². The smallest absolute Gasteiger partial charge is 0.0948 e. The zero-order valence-corrected chi connectivity index (χ0v) is 10.5. The summed E-state index contributed by atoms with van der Waals surface area (Å²) in [5.74, 6) is 0. The Balaban J connectivity index is 2.22. The molecule has 2 aromatic heterocycles. The van der Waals surface area contributed by atoms with Gasteiger partial charge in [-0.15, -0.1) is 22.7 Å². The topological polar surface area (TPSA) is 24.9 Å². The number of thiazole rings is 1. The van der Waals surface area contributed by atoms with Crippen LogP contribution >= 0.6 is 22.7 Å². The van der Waals surface area contributed by atoms with E-state index in [4.69, 9.17) is 0 Å². The van der Waals surface area contributed by atoms with E-state index in [1.165, 1.54) is 20.5 Å². The van der Waals surface area contributed by atoms with Crippen LogP contribution in [0.25, 0.3) is 10.6 Å². The standard InChI is InChI=1S/C11H14N2S2/c1-8-11(9-4-3-7-14-9)13-10(15-8)5-6-12-2/h3-4,7,12H,5-6H2,1-2H3. The summed E-state index contributed by atoms with van der Waals surface area (Å²) in [5, 5.41) is 6.47. The molecule has 0 bridgehead atoms. The van der Waals surface area contributed by atoms with E-state index in [2.05, 4.69) is 34.7 Å². The van der Waals surface area contributed by atoms with Crippen molar-refractivity contribution in [3.8, 4) is 10.6 Å². The second-order valence-electron chi connectivity index (χ2n) is 3.34. The zero-order valence-electron chi connectivity index (χ0n) is 8.91. The summed E-state index contributed by atoms with van der Waals surface area (Å²) >= 11 is 3.56. The van der Waals surface area contributed by atoms with Gasteiger partial charge in [-0.2, -0.15) is 0 Å². The lowest BCUT2D eigenvalue weighted by Crippen LogP contribution is -2.09. The van der Waals surface area contributed by atoms with Crippen LogP contribution in [0.3, 0.4) is 0 Å². The van der Waals surface area contributed by atoms with E-state index < -0.39 is 0 Å². The Morgan fingerprint density at radius 3 is 3.00 bits per heavy atom. The van der Waals surface area contributed by atoms with E-state index >= 15 is 0 Å². The van der Waals surface area contributed by atoms with Gasteiger partial charge in [-0.05, 0) is 25.4 Å². The van der Waals surface area contributed by atoms with Crippen molar-refractivity contribution in [1.29, 1.82) is 0 Å². The van der Waals surface area contributed by atoms with Crippen molar-refractivity contribution in [2.24, 2.45) is 0 Å². The minimum Gasteiger partial charge on any atom is -0.319 e. The first-order valence-electron chi connectivity index (χ1n) is 4.96. The van der Waals surface area contributed by atoms with Gasteiger partial charge >= 0.3 is 0 Å². The molecule has 0 aromatic carbocycles. The summed E-state index contributed by atoms with van der Waals surface area (Å²) < 4.78 is 0. The molecule has 1 N–H and O–H groups in total. The van der Waals surface area contributed by atoms with E-state index in [0.717, 1.165) is 13.0 Å². The molecule has 2 rings (SSSR count). The van der Waals surface area contributed by atoms with Crippen LogP contribution < -0.4 is 5.32 Å². The van der Waals surface area contributed by atoms with Crippen molar-refractivity contribution < 1.29 is 0 Å². The number of hydrogen-bond acceptors (Lipinski definition) is 4. The van der Waals surface area contributed by atoms with Crippen molar-refractivity contribution in [2.45, 2.75) is 13.3 Å². The third-order valence-corrected chi connectivity index (χ3v) is 4.09. The van der Waals surface area contributed by atoms with Gasteiger partial charge in [0.1, 0.15) is 0 Å². The van der Waals surface area contributed by atoms with E-state index in [1.54, 1.807) is 11.3 Å². The summed E-state index contributed by atoms with van der Waals surface area (Å²) in [7, 11) is 1.97. The molecule has 0 fully saturated rings. The normalized spacial score (nSPS) is 10.8. The number of aryl methyl sites for hydroxylation is 1. The minimum atomic E-state index is 0.997. The van der Waals surface area contributed by atoms with Crippen molar-refractivity contribution in [2.75, 3.05) is 13.6 Å². The first-order valence-corrected chi connectivity index (χ1v) is 6.65. The molecular weight excluding hydrogens is 224 g/mol. The number of nitrogens with zero attached hydrogens (tertiary/aromatic N) is 1. The van der Waals surface area contributed by atoms with Crippen molar-refractivity contribution in [1.82, 2.24) is 10.3 Å². The minimum absolute atomic E-state index is 0.997.